The largest absolute Gasteiger partial charge is 0.573 e. The second-order valence-corrected chi connectivity index (χ2v) is 5.08. The molecule has 116 valence electrons. The molecule has 1 aromatic rings. The molecular weight excluding hydrogens is 285 g/mol. The number of para-hydroxylation sites is 1. The van der Waals surface area contributed by atoms with Crippen LogP contribution in [0.2, 0.25) is 0 Å². The molecule has 0 saturated carbocycles. The highest BCUT2D eigenvalue weighted by molar-refractivity contribution is 6.00. The quantitative estimate of drug-likeness (QED) is 0.866. The fraction of sp³-hybridized carbons (Fsp3) is 0.500. The zero-order valence-corrected chi connectivity index (χ0v) is 11.4. The molecule has 4 nitrogen and oxygen atoms in total. The number of Topliss-reactive ketones (excluding diaryl/α,β-unsaturated/α-hetero) is 1. The predicted molar refractivity (Wildman–Crippen MR) is 71.1 cm³/mol. The number of rotatable bonds is 4. The third kappa shape index (κ3) is 4.71. The van der Waals surface area contributed by atoms with Crippen LogP contribution in [0.15, 0.2) is 24.3 Å². The molecule has 0 unspecified atom stereocenters. The summed E-state index contributed by atoms with van der Waals surface area (Å²) in [6, 6.07) is 5.55. The molecule has 2 rings (SSSR count). The second-order valence-electron chi connectivity index (χ2n) is 5.08. The fourth-order valence-corrected chi connectivity index (χ4v) is 2.31. The predicted octanol–water partition coefficient (Wildman–Crippen LogP) is 2.19. The number of hydrogen-bond acceptors (Lipinski definition) is 4. The molecule has 1 aliphatic rings. The highest BCUT2D eigenvalue weighted by Gasteiger charge is 2.33. The number of carbonyl (C=O) groups is 1. The van der Waals surface area contributed by atoms with Crippen LogP contribution in [-0.4, -0.2) is 42.7 Å². The van der Waals surface area contributed by atoms with E-state index < -0.39 is 12.1 Å². The van der Waals surface area contributed by atoms with Gasteiger partial charge in [-0.1, -0.05) is 12.1 Å². The Morgan fingerprint density at radius 1 is 1.29 bits per heavy atom. The van der Waals surface area contributed by atoms with E-state index in [1.807, 2.05) is 4.90 Å². The van der Waals surface area contributed by atoms with Crippen LogP contribution in [0.4, 0.5) is 13.2 Å². The average Bonchev–Trinajstić information content (AvgIpc) is 2.40. The van der Waals surface area contributed by atoms with E-state index in [1.165, 1.54) is 18.2 Å². The minimum absolute atomic E-state index is 0.0512. The minimum Gasteiger partial charge on any atom is -0.405 e. The van der Waals surface area contributed by atoms with Crippen LogP contribution in [0.5, 0.6) is 5.75 Å². The Morgan fingerprint density at radius 3 is 2.52 bits per heavy atom. The van der Waals surface area contributed by atoms with Crippen molar-refractivity contribution in [2.75, 3.05) is 19.6 Å². The molecule has 1 aliphatic heterocycles. The van der Waals surface area contributed by atoms with Gasteiger partial charge in [-0.25, -0.2) is 0 Å². The summed E-state index contributed by atoms with van der Waals surface area (Å²) in [5, 5.41) is 0. The van der Waals surface area contributed by atoms with Crippen LogP contribution in [0.3, 0.4) is 0 Å². The van der Waals surface area contributed by atoms with Crippen LogP contribution in [-0.2, 0) is 0 Å². The van der Waals surface area contributed by atoms with Crippen molar-refractivity contribution in [3.05, 3.63) is 29.8 Å². The summed E-state index contributed by atoms with van der Waals surface area (Å²) in [7, 11) is 0. The number of nitrogens with two attached hydrogens (primary N) is 1. The lowest BCUT2D eigenvalue weighted by atomic mass is 10.0. The maximum atomic E-state index is 12.3. The second kappa shape index (κ2) is 6.44. The molecule has 0 radical (unpaired) electrons. The third-order valence-corrected chi connectivity index (χ3v) is 3.41. The lowest BCUT2D eigenvalue weighted by molar-refractivity contribution is -0.274. The number of carbonyl (C=O) groups excluding carboxylic acids is 1. The van der Waals surface area contributed by atoms with Gasteiger partial charge < -0.3 is 10.5 Å². The van der Waals surface area contributed by atoms with Crippen molar-refractivity contribution in [2.24, 2.45) is 5.73 Å². The summed E-state index contributed by atoms with van der Waals surface area (Å²) < 4.78 is 40.9. The molecule has 0 atom stereocenters. The third-order valence-electron chi connectivity index (χ3n) is 3.41. The Hall–Kier alpha value is -1.60. The van der Waals surface area contributed by atoms with Gasteiger partial charge >= 0.3 is 6.36 Å². The van der Waals surface area contributed by atoms with Crippen LogP contribution < -0.4 is 10.5 Å². The van der Waals surface area contributed by atoms with Gasteiger partial charge in [-0.2, -0.15) is 0 Å². The molecule has 0 aromatic heterocycles. The Morgan fingerprint density at radius 2 is 1.90 bits per heavy atom. The van der Waals surface area contributed by atoms with Crippen LogP contribution in [0, 0.1) is 0 Å². The average molecular weight is 302 g/mol. The van der Waals surface area contributed by atoms with Crippen molar-refractivity contribution in [3.63, 3.8) is 0 Å². The number of halogens is 3. The van der Waals surface area contributed by atoms with Gasteiger partial charge in [0.15, 0.2) is 5.78 Å². The first kappa shape index (κ1) is 15.8. The Labute approximate surface area is 120 Å². The standard InChI is InChI=1S/C14H17F3N2O2/c15-14(16,17)21-13-4-2-1-3-11(13)12(20)9-19-7-5-10(18)6-8-19/h1-4,10H,5-9,18H2. The number of hydrogen-bond donors (Lipinski definition) is 1. The van der Waals surface area contributed by atoms with E-state index in [4.69, 9.17) is 5.73 Å². The number of benzene rings is 1. The fourth-order valence-electron chi connectivity index (χ4n) is 2.31. The van der Waals surface area contributed by atoms with Gasteiger partial charge in [-0.05, 0) is 25.0 Å². The molecule has 7 heteroatoms. The topological polar surface area (TPSA) is 55.6 Å². The van der Waals surface area contributed by atoms with Crippen molar-refractivity contribution < 1.29 is 22.7 Å². The number of ketones is 1. The molecule has 0 amide bonds. The summed E-state index contributed by atoms with van der Waals surface area (Å²) in [4.78, 5) is 14.1. The van der Waals surface area contributed by atoms with E-state index in [0.29, 0.717) is 13.1 Å². The van der Waals surface area contributed by atoms with Gasteiger partial charge in [0.2, 0.25) is 0 Å². The molecule has 21 heavy (non-hydrogen) atoms. The van der Waals surface area contributed by atoms with Crippen molar-refractivity contribution in [3.8, 4) is 5.75 Å². The first-order chi connectivity index (χ1) is 9.85. The first-order valence-corrected chi connectivity index (χ1v) is 6.71. The molecule has 0 aliphatic carbocycles. The Kier molecular flexibility index (Phi) is 4.84. The maximum absolute atomic E-state index is 12.3. The minimum atomic E-state index is -4.81. The monoisotopic (exact) mass is 302 g/mol. The van der Waals surface area contributed by atoms with Crippen molar-refractivity contribution >= 4 is 5.78 Å². The number of likely N-dealkylation sites (tertiary alicyclic amines) is 1. The summed E-state index contributed by atoms with van der Waals surface area (Å²) >= 11 is 0. The number of nitrogens with zero attached hydrogens (tertiary/aromatic N) is 1. The zero-order valence-electron chi connectivity index (χ0n) is 11.4. The van der Waals surface area contributed by atoms with Crippen molar-refractivity contribution in [2.45, 2.75) is 25.2 Å². The smallest absolute Gasteiger partial charge is 0.405 e. The normalized spacial score (nSPS) is 17.7. The molecule has 2 N–H and O–H groups in total. The van der Waals surface area contributed by atoms with Gasteiger partial charge in [0.25, 0.3) is 0 Å². The molecule has 1 saturated heterocycles. The molecule has 0 bridgehead atoms. The number of ether oxygens (including phenoxy) is 1. The molecular formula is C14H17F3N2O2. The molecule has 1 aromatic carbocycles. The van der Waals surface area contributed by atoms with Crippen LogP contribution in [0.1, 0.15) is 23.2 Å². The van der Waals surface area contributed by atoms with E-state index in [0.717, 1.165) is 18.9 Å². The van der Waals surface area contributed by atoms with Crippen LogP contribution >= 0.6 is 0 Å². The number of alkyl halides is 3. The summed E-state index contributed by atoms with van der Waals surface area (Å²) in [6.07, 6.45) is -3.24. The highest BCUT2D eigenvalue weighted by Crippen LogP contribution is 2.26. The highest BCUT2D eigenvalue weighted by atomic mass is 19.4. The molecule has 1 heterocycles. The van der Waals surface area contributed by atoms with E-state index >= 15 is 0 Å². The lowest BCUT2D eigenvalue weighted by Crippen LogP contribution is -2.42. The maximum Gasteiger partial charge on any atom is 0.573 e. The van der Waals surface area contributed by atoms with E-state index in [2.05, 4.69) is 4.74 Å². The summed E-state index contributed by atoms with van der Waals surface area (Å²) in [5.74, 6) is -0.839. The zero-order chi connectivity index (χ0) is 15.5. The van der Waals surface area contributed by atoms with Gasteiger partial charge in [0, 0.05) is 19.1 Å². The summed E-state index contributed by atoms with van der Waals surface area (Å²) in [5.41, 5.74) is 5.72. The SMILES string of the molecule is NC1CCN(CC(=O)c2ccccc2OC(F)(F)F)CC1. The lowest BCUT2D eigenvalue weighted by Gasteiger charge is -2.29. The molecule has 0 spiro atoms. The van der Waals surface area contributed by atoms with E-state index in [-0.39, 0.29) is 23.9 Å². The summed E-state index contributed by atoms with van der Waals surface area (Å²) in [6.45, 7) is 1.43. The van der Waals surface area contributed by atoms with E-state index in [1.54, 1.807) is 0 Å². The number of piperidine rings is 1. The Bertz CT molecular complexity index is 497. The van der Waals surface area contributed by atoms with Gasteiger partial charge in [-0.3, -0.25) is 9.69 Å². The van der Waals surface area contributed by atoms with Gasteiger partial charge in [-0.15, -0.1) is 13.2 Å². The first-order valence-electron chi connectivity index (χ1n) is 6.71. The van der Waals surface area contributed by atoms with Gasteiger partial charge in [0.05, 0.1) is 12.1 Å². The van der Waals surface area contributed by atoms with Crippen molar-refractivity contribution in [1.29, 1.82) is 0 Å². The van der Waals surface area contributed by atoms with Gasteiger partial charge in [0.1, 0.15) is 5.75 Å². The Balaban J connectivity index is 2.05. The van der Waals surface area contributed by atoms with E-state index in [9.17, 15) is 18.0 Å². The van der Waals surface area contributed by atoms with Crippen LogP contribution in [0.25, 0.3) is 0 Å². The molecule has 1 fully saturated rings. The van der Waals surface area contributed by atoms with Crippen molar-refractivity contribution in [1.82, 2.24) is 4.90 Å².